The minimum atomic E-state index is -4.33. The van der Waals surface area contributed by atoms with Crippen LogP contribution in [0.15, 0.2) is 52.9 Å². The van der Waals surface area contributed by atoms with Gasteiger partial charge in [-0.25, -0.2) is 34.1 Å². The van der Waals surface area contributed by atoms with Gasteiger partial charge in [0, 0.05) is 11.8 Å². The molecule has 1 amide bonds. The molecule has 0 fully saturated rings. The van der Waals surface area contributed by atoms with Gasteiger partial charge in [0.1, 0.15) is 18.5 Å². The van der Waals surface area contributed by atoms with E-state index in [1.54, 1.807) is 39.1 Å². The van der Waals surface area contributed by atoms with Crippen LogP contribution in [0.25, 0.3) is 0 Å². The lowest BCUT2D eigenvalue weighted by molar-refractivity contribution is 0.0406. The van der Waals surface area contributed by atoms with Crippen LogP contribution in [0.2, 0.25) is 0 Å². The summed E-state index contributed by atoms with van der Waals surface area (Å²) < 4.78 is 31.2. The van der Waals surface area contributed by atoms with Crippen LogP contribution in [0, 0.1) is 11.3 Å². The van der Waals surface area contributed by atoms with E-state index in [-0.39, 0.29) is 17.3 Å². The molecule has 13 heteroatoms. The van der Waals surface area contributed by atoms with Crippen molar-refractivity contribution in [1.82, 2.24) is 19.4 Å². The standard InChI is InChI=1S/C19H24N8O4S/c1-19(2,3)31-18(28)26(11-9-20)32(29,30)16-6-4-14(5-7-16)17(21)25-27(22)12-15-8-10-23-13-24-15/h4-8,10,13H,11-12,22H2,1-3H3,(H2,21,25). The number of benzene rings is 1. The third-order valence-corrected chi connectivity index (χ3v) is 5.48. The molecule has 0 radical (unpaired) electrons. The molecule has 0 spiro atoms. The Morgan fingerprint density at radius 3 is 2.44 bits per heavy atom. The minimum absolute atomic E-state index is 0.0338. The van der Waals surface area contributed by atoms with E-state index in [0.717, 1.165) is 5.12 Å². The van der Waals surface area contributed by atoms with E-state index in [4.69, 9.17) is 21.6 Å². The number of nitrogens with two attached hydrogens (primary N) is 2. The van der Waals surface area contributed by atoms with Crippen LogP contribution >= 0.6 is 0 Å². The van der Waals surface area contributed by atoms with Gasteiger partial charge in [-0.05, 0) is 51.1 Å². The van der Waals surface area contributed by atoms with Gasteiger partial charge in [-0.1, -0.05) is 0 Å². The molecule has 4 N–H and O–H groups in total. The maximum Gasteiger partial charge on any atom is 0.425 e. The predicted molar refractivity (Wildman–Crippen MR) is 115 cm³/mol. The molecule has 0 unspecified atom stereocenters. The van der Waals surface area contributed by atoms with Gasteiger partial charge in [-0.15, -0.1) is 5.10 Å². The molecular weight excluding hydrogens is 436 g/mol. The van der Waals surface area contributed by atoms with Gasteiger partial charge in [0.05, 0.1) is 23.2 Å². The summed E-state index contributed by atoms with van der Waals surface area (Å²) in [6.45, 7) is 4.24. The molecule has 12 nitrogen and oxygen atoms in total. The second kappa shape index (κ2) is 10.0. The number of hydrazone groups is 1. The molecule has 0 aliphatic carbocycles. The minimum Gasteiger partial charge on any atom is -0.443 e. The van der Waals surface area contributed by atoms with E-state index in [0.29, 0.717) is 15.6 Å². The van der Waals surface area contributed by atoms with Crippen molar-refractivity contribution in [3.8, 4) is 6.07 Å². The van der Waals surface area contributed by atoms with Crippen molar-refractivity contribution >= 4 is 22.0 Å². The molecule has 1 aromatic carbocycles. The topological polar surface area (TPSA) is 181 Å². The van der Waals surface area contributed by atoms with E-state index in [2.05, 4.69) is 15.1 Å². The van der Waals surface area contributed by atoms with Crippen LogP contribution in [0.5, 0.6) is 0 Å². The zero-order chi connectivity index (χ0) is 23.9. The second-order valence-electron chi connectivity index (χ2n) is 7.46. The Labute approximate surface area is 186 Å². The number of carbonyl (C=O) groups excluding carboxylic acids is 1. The van der Waals surface area contributed by atoms with Gasteiger partial charge < -0.3 is 10.5 Å². The lowest BCUT2D eigenvalue weighted by Gasteiger charge is -2.25. The lowest BCUT2D eigenvalue weighted by Crippen LogP contribution is -2.41. The summed E-state index contributed by atoms with van der Waals surface area (Å²) in [5.41, 5.74) is 6.04. The molecule has 0 saturated carbocycles. The first kappa shape index (κ1) is 24.5. The first-order chi connectivity index (χ1) is 14.9. The zero-order valence-corrected chi connectivity index (χ0v) is 18.7. The van der Waals surface area contributed by atoms with Crippen molar-refractivity contribution in [1.29, 1.82) is 5.26 Å². The highest BCUT2D eigenvalue weighted by molar-refractivity contribution is 7.89. The van der Waals surface area contributed by atoms with E-state index >= 15 is 0 Å². The molecule has 2 rings (SSSR count). The Balaban J connectivity index is 2.21. The van der Waals surface area contributed by atoms with Crippen LogP contribution in [-0.2, 0) is 21.3 Å². The van der Waals surface area contributed by atoms with Crippen LogP contribution in [-0.4, -0.2) is 51.9 Å². The van der Waals surface area contributed by atoms with E-state index in [9.17, 15) is 13.2 Å². The number of rotatable bonds is 7. The maximum absolute atomic E-state index is 12.9. The fourth-order valence-electron chi connectivity index (χ4n) is 2.36. The third-order valence-electron chi connectivity index (χ3n) is 3.75. The maximum atomic E-state index is 12.9. The van der Waals surface area contributed by atoms with Crippen molar-refractivity contribution in [3.63, 3.8) is 0 Å². The fraction of sp³-hybridized carbons (Fsp3) is 0.316. The van der Waals surface area contributed by atoms with Gasteiger partial charge in [-0.2, -0.15) is 9.57 Å². The highest BCUT2D eigenvalue weighted by Gasteiger charge is 2.33. The smallest absolute Gasteiger partial charge is 0.425 e. The number of hydrazine groups is 1. The summed E-state index contributed by atoms with van der Waals surface area (Å²) in [5.74, 6) is 5.85. The number of carbonyl (C=O) groups is 1. The van der Waals surface area contributed by atoms with Crippen molar-refractivity contribution in [3.05, 3.63) is 54.1 Å². The SMILES string of the molecule is CC(C)(C)OC(=O)N(CC#N)S(=O)(=O)c1ccc(/C(N)=N/N(N)Cc2ccncn2)cc1. The molecule has 1 aromatic heterocycles. The molecule has 32 heavy (non-hydrogen) atoms. The Bertz CT molecular complexity index is 1110. The molecule has 0 aliphatic heterocycles. The summed E-state index contributed by atoms with van der Waals surface area (Å²) in [6, 6.07) is 8.63. The average Bonchev–Trinajstić information content (AvgIpc) is 2.71. The van der Waals surface area contributed by atoms with Crippen LogP contribution in [0.1, 0.15) is 32.0 Å². The molecule has 0 atom stereocenters. The molecule has 0 aliphatic rings. The number of nitriles is 1. The summed E-state index contributed by atoms with van der Waals surface area (Å²) in [7, 11) is -4.33. The number of hydrogen-bond donors (Lipinski definition) is 2. The number of nitrogens with zero attached hydrogens (tertiary/aromatic N) is 6. The van der Waals surface area contributed by atoms with Crippen molar-refractivity contribution in [2.24, 2.45) is 16.7 Å². The number of hydrogen-bond acceptors (Lipinski definition) is 10. The molecule has 0 saturated heterocycles. The number of aromatic nitrogens is 2. The second-order valence-corrected chi connectivity index (χ2v) is 9.32. The van der Waals surface area contributed by atoms with Crippen molar-refractivity contribution < 1.29 is 17.9 Å². The third kappa shape index (κ3) is 6.62. The Morgan fingerprint density at radius 1 is 1.25 bits per heavy atom. The number of amides is 1. The van der Waals surface area contributed by atoms with Crippen molar-refractivity contribution in [2.45, 2.75) is 37.8 Å². The van der Waals surface area contributed by atoms with Gasteiger partial charge in [-0.3, -0.25) is 0 Å². The summed E-state index contributed by atoms with van der Waals surface area (Å²) in [6.07, 6.45) is 1.80. The Kier molecular flexibility index (Phi) is 7.68. The van der Waals surface area contributed by atoms with E-state index < -0.39 is 28.3 Å². The van der Waals surface area contributed by atoms with Gasteiger partial charge >= 0.3 is 6.09 Å². The number of amidine groups is 1. The number of ether oxygens (including phenoxy) is 1. The summed E-state index contributed by atoms with van der Waals surface area (Å²) in [5, 5.41) is 14.1. The summed E-state index contributed by atoms with van der Waals surface area (Å²) >= 11 is 0. The molecule has 1 heterocycles. The first-order valence-corrected chi connectivity index (χ1v) is 10.7. The molecular formula is C19H24N8O4S. The molecule has 2 aromatic rings. The van der Waals surface area contributed by atoms with E-state index in [1.165, 1.54) is 30.6 Å². The Hall–Kier alpha value is -3.76. The van der Waals surface area contributed by atoms with Crippen LogP contribution in [0.3, 0.4) is 0 Å². The first-order valence-electron chi connectivity index (χ1n) is 9.28. The monoisotopic (exact) mass is 460 g/mol. The van der Waals surface area contributed by atoms with Crippen LogP contribution < -0.4 is 11.6 Å². The normalized spacial score (nSPS) is 12.0. The highest BCUT2D eigenvalue weighted by atomic mass is 32.2. The average molecular weight is 461 g/mol. The van der Waals surface area contributed by atoms with Gasteiger partial charge in [0.2, 0.25) is 0 Å². The molecule has 170 valence electrons. The van der Waals surface area contributed by atoms with E-state index in [1.807, 2.05) is 0 Å². The zero-order valence-electron chi connectivity index (χ0n) is 17.8. The van der Waals surface area contributed by atoms with Crippen molar-refractivity contribution in [2.75, 3.05) is 6.54 Å². The fourth-order valence-corrected chi connectivity index (χ4v) is 3.55. The highest BCUT2D eigenvalue weighted by Crippen LogP contribution is 2.19. The van der Waals surface area contributed by atoms with Gasteiger partial charge in [0.15, 0.2) is 5.84 Å². The van der Waals surface area contributed by atoms with Crippen LogP contribution in [0.4, 0.5) is 4.79 Å². The quantitative estimate of drug-likeness (QED) is 0.198. The molecule has 0 bridgehead atoms. The Morgan fingerprint density at radius 2 is 1.91 bits per heavy atom. The number of sulfonamides is 1. The lowest BCUT2D eigenvalue weighted by atomic mass is 10.2. The van der Waals surface area contributed by atoms with Gasteiger partial charge in [0.25, 0.3) is 10.0 Å². The largest absolute Gasteiger partial charge is 0.443 e. The summed E-state index contributed by atoms with van der Waals surface area (Å²) in [4.78, 5) is 19.9. The predicted octanol–water partition coefficient (Wildman–Crippen LogP) is 0.922.